The van der Waals surface area contributed by atoms with Crippen molar-refractivity contribution >= 4 is 5.97 Å². The van der Waals surface area contributed by atoms with E-state index in [0.717, 1.165) is 12.8 Å². The van der Waals surface area contributed by atoms with Crippen molar-refractivity contribution in [2.45, 2.75) is 26.2 Å². The Hall–Kier alpha value is -1.25. The third kappa shape index (κ3) is 1.33. The number of nitrogens with zero attached hydrogens (tertiary/aromatic N) is 1. The molecule has 2 rings (SSSR count). The molecule has 1 aromatic rings. The smallest absolute Gasteiger partial charge is 0.354 e. The molecule has 1 heterocycles. The van der Waals surface area contributed by atoms with Gasteiger partial charge in [0.25, 0.3) is 0 Å². The van der Waals surface area contributed by atoms with Gasteiger partial charge in [-0.05, 0) is 37.8 Å². The van der Waals surface area contributed by atoms with Crippen molar-refractivity contribution in [2.24, 2.45) is 7.05 Å². The van der Waals surface area contributed by atoms with Crippen LogP contribution in [0.15, 0.2) is 6.07 Å². The lowest BCUT2D eigenvalue weighted by atomic mass is 10.2. The van der Waals surface area contributed by atoms with Crippen LogP contribution in [0.25, 0.3) is 0 Å². The average Bonchev–Trinajstić information content (AvgIpc) is 2.69. The van der Waals surface area contributed by atoms with Crippen LogP contribution in [-0.2, 0) is 24.6 Å². The number of aromatic nitrogens is 1. The highest BCUT2D eigenvalue weighted by Gasteiger charge is 2.21. The zero-order valence-electron chi connectivity index (χ0n) is 8.67. The van der Waals surface area contributed by atoms with Gasteiger partial charge < -0.3 is 9.30 Å². The number of esters is 1. The fraction of sp³-hybridized carbons (Fsp3) is 0.545. The molecule has 0 bridgehead atoms. The number of hydrogen-bond donors (Lipinski definition) is 0. The summed E-state index contributed by atoms with van der Waals surface area (Å²) < 4.78 is 6.96. The van der Waals surface area contributed by atoms with Crippen molar-refractivity contribution in [2.75, 3.05) is 6.61 Å². The van der Waals surface area contributed by atoms with Crippen molar-refractivity contribution in [1.29, 1.82) is 0 Å². The van der Waals surface area contributed by atoms with Gasteiger partial charge in [-0.15, -0.1) is 0 Å². The van der Waals surface area contributed by atoms with E-state index in [2.05, 4.69) is 0 Å². The minimum Gasteiger partial charge on any atom is -0.461 e. The molecule has 1 aliphatic rings. The molecular weight excluding hydrogens is 178 g/mol. The summed E-state index contributed by atoms with van der Waals surface area (Å²) in [5.74, 6) is -0.204. The third-order valence-electron chi connectivity index (χ3n) is 2.79. The number of fused-ring (bicyclic) bond motifs is 1. The molecular formula is C11H15NO2. The second kappa shape index (κ2) is 3.48. The molecule has 0 amide bonds. The first-order valence-corrected chi connectivity index (χ1v) is 5.08. The maximum atomic E-state index is 11.5. The number of hydrogen-bond acceptors (Lipinski definition) is 2. The summed E-state index contributed by atoms with van der Waals surface area (Å²) in [5, 5.41) is 0. The van der Waals surface area contributed by atoms with E-state index >= 15 is 0 Å². The van der Waals surface area contributed by atoms with Crippen LogP contribution in [0.4, 0.5) is 0 Å². The molecule has 0 aromatic carbocycles. The Balaban J connectivity index is 2.32. The van der Waals surface area contributed by atoms with Crippen molar-refractivity contribution < 1.29 is 9.53 Å². The number of ether oxygens (including phenoxy) is 1. The highest BCUT2D eigenvalue weighted by Crippen LogP contribution is 2.25. The molecule has 14 heavy (non-hydrogen) atoms. The van der Waals surface area contributed by atoms with Crippen LogP contribution in [0.1, 0.15) is 35.1 Å². The van der Waals surface area contributed by atoms with Gasteiger partial charge in [0.05, 0.1) is 6.61 Å². The lowest BCUT2D eigenvalue weighted by molar-refractivity contribution is 0.0515. The summed E-state index contributed by atoms with van der Waals surface area (Å²) in [6, 6.07) is 1.97. The average molecular weight is 193 g/mol. The first-order chi connectivity index (χ1) is 6.74. The fourth-order valence-electron chi connectivity index (χ4n) is 2.10. The van der Waals surface area contributed by atoms with Gasteiger partial charge in [0.1, 0.15) is 5.69 Å². The van der Waals surface area contributed by atoms with Crippen molar-refractivity contribution in [3.8, 4) is 0 Å². The monoisotopic (exact) mass is 193 g/mol. The Labute approximate surface area is 83.7 Å². The van der Waals surface area contributed by atoms with Crippen LogP contribution in [0, 0.1) is 0 Å². The van der Waals surface area contributed by atoms with E-state index in [-0.39, 0.29) is 5.97 Å². The topological polar surface area (TPSA) is 31.2 Å². The number of aryl methyl sites for hydroxylation is 1. The summed E-state index contributed by atoms with van der Waals surface area (Å²) >= 11 is 0. The first kappa shape index (κ1) is 9.31. The molecule has 0 spiro atoms. The van der Waals surface area contributed by atoms with Gasteiger partial charge in [-0.2, -0.15) is 0 Å². The van der Waals surface area contributed by atoms with Crippen molar-refractivity contribution in [3.05, 3.63) is 23.0 Å². The standard InChI is InChI=1S/C11H15NO2/c1-3-14-11(13)10-7-8-5-4-6-9(8)12(10)2/h7H,3-6H2,1-2H3. The van der Waals surface area contributed by atoms with E-state index in [9.17, 15) is 4.79 Å². The molecule has 0 N–H and O–H groups in total. The SMILES string of the molecule is CCOC(=O)c1cc2c(n1C)CCC2. The number of carbonyl (C=O) groups is 1. The molecule has 0 fully saturated rings. The molecule has 76 valence electrons. The Kier molecular flexibility index (Phi) is 2.32. The Morgan fingerprint density at radius 1 is 1.57 bits per heavy atom. The maximum Gasteiger partial charge on any atom is 0.354 e. The maximum absolute atomic E-state index is 11.5. The molecule has 0 aliphatic heterocycles. The minimum atomic E-state index is -0.204. The van der Waals surface area contributed by atoms with Crippen LogP contribution in [-0.4, -0.2) is 17.1 Å². The number of rotatable bonds is 2. The molecule has 3 heteroatoms. The highest BCUT2D eigenvalue weighted by atomic mass is 16.5. The fourth-order valence-corrected chi connectivity index (χ4v) is 2.10. The van der Waals surface area contributed by atoms with Crippen LogP contribution in [0.3, 0.4) is 0 Å². The van der Waals surface area contributed by atoms with Crippen molar-refractivity contribution in [1.82, 2.24) is 4.57 Å². The largest absolute Gasteiger partial charge is 0.461 e. The van der Waals surface area contributed by atoms with Gasteiger partial charge in [0.2, 0.25) is 0 Å². The Morgan fingerprint density at radius 3 is 3.00 bits per heavy atom. The summed E-state index contributed by atoms with van der Waals surface area (Å²) in [7, 11) is 1.94. The Morgan fingerprint density at radius 2 is 2.36 bits per heavy atom. The Bertz CT molecular complexity index is 366. The van der Waals surface area contributed by atoms with Gasteiger partial charge >= 0.3 is 5.97 Å². The third-order valence-corrected chi connectivity index (χ3v) is 2.79. The summed E-state index contributed by atoms with van der Waals surface area (Å²) in [6.07, 6.45) is 3.40. The first-order valence-electron chi connectivity index (χ1n) is 5.08. The van der Waals surface area contributed by atoms with E-state index in [1.807, 2.05) is 24.6 Å². The predicted molar refractivity (Wildman–Crippen MR) is 53.4 cm³/mol. The normalized spacial score (nSPS) is 14.1. The predicted octanol–water partition coefficient (Wildman–Crippen LogP) is 1.69. The van der Waals surface area contributed by atoms with Gasteiger partial charge in [-0.3, -0.25) is 0 Å². The molecule has 1 aliphatic carbocycles. The lowest BCUT2D eigenvalue weighted by Gasteiger charge is -2.05. The minimum absolute atomic E-state index is 0.204. The van der Waals surface area contributed by atoms with Gasteiger partial charge in [-0.1, -0.05) is 0 Å². The van der Waals surface area contributed by atoms with E-state index in [4.69, 9.17) is 4.74 Å². The van der Waals surface area contributed by atoms with Crippen LogP contribution in [0.5, 0.6) is 0 Å². The van der Waals surface area contributed by atoms with Crippen molar-refractivity contribution in [3.63, 3.8) is 0 Å². The van der Waals surface area contributed by atoms with E-state index in [1.165, 1.54) is 17.7 Å². The van der Waals surface area contributed by atoms with E-state index in [1.54, 1.807) is 0 Å². The molecule has 0 radical (unpaired) electrons. The van der Waals surface area contributed by atoms with Crippen LogP contribution in [0.2, 0.25) is 0 Å². The quantitative estimate of drug-likeness (QED) is 0.669. The molecule has 0 atom stereocenters. The summed E-state index contributed by atoms with van der Waals surface area (Å²) in [5.41, 5.74) is 3.31. The van der Waals surface area contributed by atoms with E-state index in [0.29, 0.717) is 12.3 Å². The van der Waals surface area contributed by atoms with E-state index < -0.39 is 0 Å². The van der Waals surface area contributed by atoms with Gasteiger partial charge in [0.15, 0.2) is 0 Å². The number of carbonyl (C=O) groups excluding carboxylic acids is 1. The molecule has 1 aromatic heterocycles. The molecule has 3 nitrogen and oxygen atoms in total. The highest BCUT2D eigenvalue weighted by molar-refractivity contribution is 5.88. The van der Waals surface area contributed by atoms with Gasteiger partial charge in [0, 0.05) is 12.7 Å². The second-order valence-electron chi connectivity index (χ2n) is 3.63. The molecule has 0 saturated heterocycles. The zero-order valence-corrected chi connectivity index (χ0v) is 8.67. The van der Waals surface area contributed by atoms with Crippen LogP contribution < -0.4 is 0 Å². The lowest BCUT2D eigenvalue weighted by Crippen LogP contribution is -2.10. The second-order valence-corrected chi connectivity index (χ2v) is 3.63. The summed E-state index contributed by atoms with van der Waals surface area (Å²) in [4.78, 5) is 11.5. The van der Waals surface area contributed by atoms with Crippen LogP contribution >= 0.6 is 0 Å². The molecule has 0 unspecified atom stereocenters. The summed E-state index contributed by atoms with van der Waals surface area (Å²) in [6.45, 7) is 2.27. The molecule has 0 saturated carbocycles. The van der Waals surface area contributed by atoms with Gasteiger partial charge in [-0.25, -0.2) is 4.79 Å². The zero-order chi connectivity index (χ0) is 10.1.